The fourth-order valence-corrected chi connectivity index (χ4v) is 4.15. The number of nitrogens with zero attached hydrogens (tertiary/aromatic N) is 5. The number of carbonyl (C=O) groups excluding carboxylic acids is 1. The van der Waals surface area contributed by atoms with Crippen molar-refractivity contribution in [2.45, 2.75) is 31.8 Å². The zero-order chi connectivity index (χ0) is 18.8. The first kappa shape index (κ1) is 17.9. The van der Waals surface area contributed by atoms with Gasteiger partial charge in [0.05, 0.1) is 6.54 Å². The molecule has 0 saturated carbocycles. The van der Waals surface area contributed by atoms with Crippen molar-refractivity contribution in [1.29, 1.82) is 0 Å². The van der Waals surface area contributed by atoms with Crippen molar-refractivity contribution in [2.75, 3.05) is 13.1 Å². The van der Waals surface area contributed by atoms with Crippen molar-refractivity contribution in [3.05, 3.63) is 51.9 Å². The van der Waals surface area contributed by atoms with Gasteiger partial charge in [-0.05, 0) is 19.4 Å². The molecule has 1 amide bonds. The maximum Gasteiger partial charge on any atom is 0.271 e. The van der Waals surface area contributed by atoms with Gasteiger partial charge in [-0.25, -0.2) is 9.97 Å². The number of imidazole rings is 1. The summed E-state index contributed by atoms with van der Waals surface area (Å²) in [4.78, 5) is 36.7. The Kier molecular flexibility index (Phi) is 5.04. The molecule has 0 spiro atoms. The van der Waals surface area contributed by atoms with Crippen LogP contribution in [0, 0.1) is 0 Å². The van der Waals surface area contributed by atoms with Crippen LogP contribution in [0.5, 0.6) is 0 Å². The number of thiazole rings is 1. The highest BCUT2D eigenvalue weighted by Crippen LogP contribution is 2.14. The average Bonchev–Trinajstić information content (AvgIpc) is 3.22. The number of nitrogens with one attached hydrogen (secondary N) is 1. The smallest absolute Gasteiger partial charge is 0.271 e. The molecule has 1 aliphatic heterocycles. The van der Waals surface area contributed by atoms with Gasteiger partial charge in [-0.1, -0.05) is 6.42 Å². The lowest BCUT2D eigenvalue weighted by atomic mass is 10.1. The molecule has 1 N–H and O–H groups in total. The van der Waals surface area contributed by atoms with E-state index in [-0.39, 0.29) is 23.1 Å². The Hall–Kier alpha value is -2.52. The van der Waals surface area contributed by atoms with Crippen LogP contribution < -0.4 is 10.9 Å². The highest BCUT2D eigenvalue weighted by atomic mass is 32.1. The number of aromatic nitrogens is 4. The summed E-state index contributed by atoms with van der Waals surface area (Å²) in [6, 6.07) is 0.00263. The van der Waals surface area contributed by atoms with Gasteiger partial charge in [0.15, 0.2) is 4.96 Å². The molecular formula is C18H22N6O2S. The maximum absolute atomic E-state index is 12.7. The summed E-state index contributed by atoms with van der Waals surface area (Å²) in [5.74, 6) is 0.657. The molecule has 0 radical (unpaired) electrons. The normalized spacial score (nSPS) is 18.5. The number of aryl methyl sites for hydroxylation is 1. The molecule has 0 aromatic carbocycles. The Bertz CT molecular complexity index is 1010. The number of carbonyl (C=O) groups is 1. The van der Waals surface area contributed by atoms with E-state index in [9.17, 15) is 9.59 Å². The fraction of sp³-hybridized carbons (Fsp3) is 0.444. The Morgan fingerprint density at radius 1 is 1.33 bits per heavy atom. The lowest BCUT2D eigenvalue weighted by Crippen LogP contribution is -2.44. The van der Waals surface area contributed by atoms with Crippen molar-refractivity contribution >= 4 is 22.2 Å². The first-order valence-electron chi connectivity index (χ1n) is 9.06. The molecule has 0 bridgehead atoms. The van der Waals surface area contributed by atoms with Crippen LogP contribution in [0.15, 0.2) is 35.0 Å². The van der Waals surface area contributed by atoms with Crippen LogP contribution in [0.3, 0.4) is 0 Å². The second-order valence-corrected chi connectivity index (χ2v) is 7.76. The highest BCUT2D eigenvalue weighted by molar-refractivity contribution is 7.15. The minimum atomic E-state index is -0.350. The van der Waals surface area contributed by atoms with Crippen molar-refractivity contribution in [3.63, 3.8) is 0 Å². The number of rotatable bonds is 4. The lowest BCUT2D eigenvalue weighted by Gasteiger charge is -2.24. The first-order chi connectivity index (χ1) is 13.1. The lowest BCUT2D eigenvalue weighted by molar-refractivity contribution is 0.0923. The van der Waals surface area contributed by atoms with E-state index < -0.39 is 0 Å². The van der Waals surface area contributed by atoms with Gasteiger partial charge in [0.1, 0.15) is 11.4 Å². The van der Waals surface area contributed by atoms with Crippen LogP contribution in [0.25, 0.3) is 4.96 Å². The van der Waals surface area contributed by atoms with Gasteiger partial charge >= 0.3 is 0 Å². The Morgan fingerprint density at radius 2 is 2.22 bits per heavy atom. The minimum Gasteiger partial charge on any atom is -0.348 e. The SMILES string of the molecule is Cn1ccnc1CN1CCCCC(NC(=O)c2cnc3sccn3c2=O)C1. The molecule has 9 heteroatoms. The van der Waals surface area contributed by atoms with Gasteiger partial charge in [0.2, 0.25) is 0 Å². The molecule has 8 nitrogen and oxygen atoms in total. The van der Waals surface area contributed by atoms with Crippen molar-refractivity contribution < 1.29 is 4.79 Å². The maximum atomic E-state index is 12.7. The summed E-state index contributed by atoms with van der Waals surface area (Å²) in [5.41, 5.74) is -0.233. The highest BCUT2D eigenvalue weighted by Gasteiger charge is 2.23. The molecule has 0 aliphatic carbocycles. The molecule has 1 unspecified atom stereocenters. The van der Waals surface area contributed by atoms with E-state index in [1.165, 1.54) is 21.9 Å². The standard InChI is InChI=1S/C18H22N6O2S/c1-22-7-5-19-15(22)12-23-6-3-2-4-13(11-23)21-16(25)14-10-20-18-24(17(14)26)8-9-27-18/h5,7-10,13H,2-4,6,11-12H2,1H3,(H,21,25). The molecule has 142 valence electrons. The van der Waals surface area contributed by atoms with Gasteiger partial charge in [0.25, 0.3) is 11.5 Å². The van der Waals surface area contributed by atoms with Crippen molar-refractivity contribution in [1.82, 2.24) is 29.2 Å². The summed E-state index contributed by atoms with van der Waals surface area (Å²) < 4.78 is 3.43. The zero-order valence-electron chi connectivity index (χ0n) is 15.2. The van der Waals surface area contributed by atoms with Crippen LogP contribution >= 0.6 is 11.3 Å². The number of likely N-dealkylation sites (tertiary alicyclic amines) is 1. The van der Waals surface area contributed by atoms with E-state index in [1.54, 1.807) is 17.8 Å². The number of amides is 1. The molecule has 4 rings (SSSR count). The summed E-state index contributed by atoms with van der Waals surface area (Å²) in [7, 11) is 1.99. The van der Waals surface area contributed by atoms with Crippen molar-refractivity contribution in [3.8, 4) is 0 Å². The van der Waals surface area contributed by atoms with Crippen LogP contribution in [0.2, 0.25) is 0 Å². The van der Waals surface area contributed by atoms with Gasteiger partial charge in [-0.3, -0.25) is 18.9 Å². The van der Waals surface area contributed by atoms with Gasteiger partial charge in [-0.15, -0.1) is 11.3 Å². The third-order valence-corrected chi connectivity index (χ3v) is 5.73. The van der Waals surface area contributed by atoms with E-state index in [0.717, 1.165) is 44.7 Å². The molecular weight excluding hydrogens is 364 g/mol. The molecule has 1 aliphatic rings. The predicted molar refractivity (Wildman–Crippen MR) is 103 cm³/mol. The molecule has 1 saturated heterocycles. The second kappa shape index (κ2) is 7.61. The quantitative estimate of drug-likeness (QED) is 0.730. The average molecular weight is 386 g/mol. The largest absolute Gasteiger partial charge is 0.348 e. The third kappa shape index (κ3) is 3.79. The van der Waals surface area contributed by atoms with Crippen molar-refractivity contribution in [2.24, 2.45) is 7.05 Å². The first-order valence-corrected chi connectivity index (χ1v) is 9.94. The number of fused-ring (bicyclic) bond motifs is 1. The number of hydrogen-bond donors (Lipinski definition) is 1. The zero-order valence-corrected chi connectivity index (χ0v) is 16.0. The topological polar surface area (TPSA) is 84.5 Å². The Balaban J connectivity index is 1.46. The van der Waals surface area contributed by atoms with E-state index >= 15 is 0 Å². The van der Waals surface area contributed by atoms with Crippen LogP contribution in [0.4, 0.5) is 0 Å². The molecule has 4 heterocycles. The van der Waals surface area contributed by atoms with Gasteiger partial charge in [-0.2, -0.15) is 0 Å². The van der Waals surface area contributed by atoms with E-state index in [1.807, 2.05) is 17.8 Å². The monoisotopic (exact) mass is 386 g/mol. The molecule has 1 atom stereocenters. The van der Waals surface area contributed by atoms with E-state index in [0.29, 0.717) is 4.96 Å². The fourth-order valence-electron chi connectivity index (χ4n) is 3.47. The Labute approximate surface area is 160 Å². The summed E-state index contributed by atoms with van der Waals surface area (Å²) in [6.07, 6.45) is 9.79. The second-order valence-electron chi connectivity index (χ2n) is 6.89. The summed E-state index contributed by atoms with van der Waals surface area (Å²) in [6.45, 7) is 2.47. The van der Waals surface area contributed by atoms with E-state index in [2.05, 4.69) is 20.2 Å². The predicted octanol–water partition coefficient (Wildman–Crippen LogP) is 1.27. The Morgan fingerprint density at radius 3 is 3.04 bits per heavy atom. The molecule has 27 heavy (non-hydrogen) atoms. The molecule has 1 fully saturated rings. The summed E-state index contributed by atoms with van der Waals surface area (Å²) >= 11 is 1.37. The minimum absolute atomic E-state index is 0.00263. The van der Waals surface area contributed by atoms with E-state index in [4.69, 9.17) is 0 Å². The van der Waals surface area contributed by atoms with Crippen LogP contribution in [-0.2, 0) is 13.6 Å². The third-order valence-electron chi connectivity index (χ3n) is 4.96. The number of hydrogen-bond acceptors (Lipinski definition) is 6. The summed E-state index contributed by atoms with van der Waals surface area (Å²) in [5, 5.41) is 4.82. The van der Waals surface area contributed by atoms with Gasteiger partial charge < -0.3 is 9.88 Å². The molecule has 3 aromatic heterocycles. The van der Waals surface area contributed by atoms with Gasteiger partial charge in [0, 0.05) is 49.8 Å². The van der Waals surface area contributed by atoms with Crippen LogP contribution in [0.1, 0.15) is 35.4 Å². The molecule has 3 aromatic rings. The van der Waals surface area contributed by atoms with Crippen LogP contribution in [-0.4, -0.2) is 48.9 Å².